The lowest BCUT2D eigenvalue weighted by Gasteiger charge is -2.12. The van der Waals surface area contributed by atoms with E-state index in [0.717, 1.165) is 0 Å². The maximum atomic E-state index is 11.5. The number of hydrogen-bond acceptors (Lipinski definition) is 5. The normalized spacial score (nSPS) is 11.5. The van der Waals surface area contributed by atoms with Crippen molar-refractivity contribution in [2.24, 2.45) is 5.92 Å². The molecule has 3 N–H and O–H groups in total. The van der Waals surface area contributed by atoms with E-state index in [4.69, 9.17) is 5.11 Å². The van der Waals surface area contributed by atoms with E-state index in [-0.39, 0.29) is 35.8 Å². The van der Waals surface area contributed by atoms with Gasteiger partial charge in [-0.15, -0.1) is 0 Å². The Balaban J connectivity index is 2.89. The zero-order valence-corrected chi connectivity index (χ0v) is 11.8. The summed E-state index contributed by atoms with van der Waals surface area (Å²) in [4.78, 5) is 32.5. The number of nitro groups is 1. The number of hydrogen-bond donors (Lipinski definition) is 3. The maximum Gasteiger partial charge on any atom is 0.303 e. The standard InChI is InChI=1S/C13H17N3O5/c1-8(5-12(17)18)7-15-10-4-3-9(13(19)14-2)6-11(10)16(20)21/h3-4,6,8,15H,5,7H2,1-2H3,(H,14,19)(H,17,18). The van der Waals surface area contributed by atoms with Crippen molar-refractivity contribution in [1.29, 1.82) is 0 Å². The molecule has 0 saturated carbocycles. The van der Waals surface area contributed by atoms with Gasteiger partial charge in [0.05, 0.1) is 4.92 Å². The Morgan fingerprint density at radius 1 is 1.43 bits per heavy atom. The van der Waals surface area contributed by atoms with Gasteiger partial charge in [-0.1, -0.05) is 6.92 Å². The number of amides is 1. The average Bonchev–Trinajstić information content (AvgIpc) is 2.43. The first-order valence-corrected chi connectivity index (χ1v) is 6.31. The number of benzene rings is 1. The number of rotatable bonds is 7. The Morgan fingerprint density at radius 2 is 2.10 bits per heavy atom. The van der Waals surface area contributed by atoms with Gasteiger partial charge in [0.1, 0.15) is 5.69 Å². The van der Waals surface area contributed by atoms with Gasteiger partial charge in [-0.3, -0.25) is 19.7 Å². The molecule has 0 aliphatic rings. The highest BCUT2D eigenvalue weighted by Crippen LogP contribution is 2.26. The third-order valence-corrected chi connectivity index (χ3v) is 2.85. The monoisotopic (exact) mass is 295 g/mol. The van der Waals surface area contributed by atoms with Crippen LogP contribution in [0.2, 0.25) is 0 Å². The lowest BCUT2D eigenvalue weighted by Crippen LogP contribution is -2.19. The minimum Gasteiger partial charge on any atom is -0.481 e. The topological polar surface area (TPSA) is 122 Å². The number of nitro benzene ring substituents is 1. The van der Waals surface area contributed by atoms with Crippen LogP contribution in [0.1, 0.15) is 23.7 Å². The van der Waals surface area contributed by atoms with Crippen LogP contribution in [-0.2, 0) is 4.79 Å². The zero-order chi connectivity index (χ0) is 16.0. The summed E-state index contributed by atoms with van der Waals surface area (Å²) in [5.41, 5.74) is 0.219. The van der Waals surface area contributed by atoms with Gasteiger partial charge in [-0.05, 0) is 18.1 Å². The predicted molar refractivity (Wildman–Crippen MR) is 76.4 cm³/mol. The Bertz CT molecular complexity index is 559. The van der Waals surface area contributed by atoms with Crippen LogP contribution in [0.3, 0.4) is 0 Å². The molecule has 0 aromatic heterocycles. The van der Waals surface area contributed by atoms with Crippen LogP contribution in [0.4, 0.5) is 11.4 Å². The SMILES string of the molecule is CNC(=O)c1ccc(NCC(C)CC(=O)O)c([N+](=O)[O-])c1. The van der Waals surface area contributed by atoms with Gasteiger partial charge in [0, 0.05) is 31.6 Å². The highest BCUT2D eigenvalue weighted by atomic mass is 16.6. The van der Waals surface area contributed by atoms with Crippen LogP contribution in [0.15, 0.2) is 18.2 Å². The van der Waals surface area contributed by atoms with Crippen molar-refractivity contribution in [3.63, 3.8) is 0 Å². The molecule has 1 amide bonds. The highest BCUT2D eigenvalue weighted by molar-refractivity contribution is 5.95. The second-order valence-electron chi connectivity index (χ2n) is 4.65. The van der Waals surface area contributed by atoms with Crippen molar-refractivity contribution in [2.75, 3.05) is 18.9 Å². The molecular formula is C13H17N3O5. The fourth-order valence-corrected chi connectivity index (χ4v) is 1.77. The van der Waals surface area contributed by atoms with Gasteiger partial charge >= 0.3 is 5.97 Å². The second-order valence-corrected chi connectivity index (χ2v) is 4.65. The minimum absolute atomic E-state index is 0.0306. The molecule has 0 spiro atoms. The smallest absolute Gasteiger partial charge is 0.303 e. The van der Waals surface area contributed by atoms with E-state index < -0.39 is 16.8 Å². The van der Waals surface area contributed by atoms with E-state index in [9.17, 15) is 19.7 Å². The van der Waals surface area contributed by atoms with Crippen LogP contribution >= 0.6 is 0 Å². The molecule has 8 nitrogen and oxygen atoms in total. The Hall–Kier alpha value is -2.64. The van der Waals surface area contributed by atoms with Crippen LogP contribution in [0.5, 0.6) is 0 Å². The van der Waals surface area contributed by atoms with E-state index in [1.54, 1.807) is 6.92 Å². The molecular weight excluding hydrogens is 278 g/mol. The van der Waals surface area contributed by atoms with Crippen molar-refractivity contribution < 1.29 is 19.6 Å². The summed E-state index contributed by atoms with van der Waals surface area (Å²) < 4.78 is 0. The summed E-state index contributed by atoms with van der Waals surface area (Å²) in [7, 11) is 1.44. The number of anilines is 1. The summed E-state index contributed by atoms with van der Waals surface area (Å²) in [6, 6.07) is 4.09. The quantitative estimate of drug-likeness (QED) is 0.517. The molecule has 114 valence electrons. The average molecular weight is 295 g/mol. The van der Waals surface area contributed by atoms with Gasteiger partial charge in [-0.2, -0.15) is 0 Å². The van der Waals surface area contributed by atoms with Crippen molar-refractivity contribution in [1.82, 2.24) is 5.32 Å². The Morgan fingerprint density at radius 3 is 2.62 bits per heavy atom. The van der Waals surface area contributed by atoms with E-state index in [1.807, 2.05) is 0 Å². The number of carbonyl (C=O) groups excluding carboxylic acids is 1. The minimum atomic E-state index is -0.922. The molecule has 0 aliphatic carbocycles. The third-order valence-electron chi connectivity index (χ3n) is 2.85. The molecule has 1 aromatic carbocycles. The number of nitrogens with one attached hydrogen (secondary N) is 2. The molecule has 0 saturated heterocycles. The van der Waals surface area contributed by atoms with E-state index in [0.29, 0.717) is 0 Å². The van der Waals surface area contributed by atoms with Crippen molar-refractivity contribution in [3.8, 4) is 0 Å². The summed E-state index contributed by atoms with van der Waals surface area (Å²) >= 11 is 0. The van der Waals surface area contributed by atoms with Gasteiger partial charge in [0.25, 0.3) is 11.6 Å². The number of carboxylic acids is 1. The van der Waals surface area contributed by atoms with Crippen molar-refractivity contribution in [2.45, 2.75) is 13.3 Å². The fourth-order valence-electron chi connectivity index (χ4n) is 1.77. The number of aliphatic carboxylic acids is 1. The van der Waals surface area contributed by atoms with Gasteiger partial charge in [0.2, 0.25) is 0 Å². The number of nitrogens with zero attached hydrogens (tertiary/aromatic N) is 1. The molecule has 1 rings (SSSR count). The van der Waals surface area contributed by atoms with Crippen molar-refractivity contribution in [3.05, 3.63) is 33.9 Å². The summed E-state index contributed by atoms with van der Waals surface area (Å²) in [5, 5.41) is 25.0. The second kappa shape index (κ2) is 7.22. The molecule has 0 fully saturated rings. The summed E-state index contributed by atoms with van der Waals surface area (Å²) in [6.07, 6.45) is -0.0306. The van der Waals surface area contributed by atoms with Crippen LogP contribution in [-0.4, -0.2) is 35.5 Å². The Kier molecular flexibility index (Phi) is 5.65. The molecule has 0 radical (unpaired) electrons. The van der Waals surface area contributed by atoms with E-state index >= 15 is 0 Å². The summed E-state index contributed by atoms with van der Waals surface area (Å²) in [5.74, 6) is -1.52. The van der Waals surface area contributed by atoms with Crippen molar-refractivity contribution >= 4 is 23.3 Å². The molecule has 0 heterocycles. The lowest BCUT2D eigenvalue weighted by molar-refractivity contribution is -0.384. The molecule has 0 aliphatic heterocycles. The number of carbonyl (C=O) groups is 2. The van der Waals surface area contributed by atoms with Crippen LogP contribution in [0.25, 0.3) is 0 Å². The zero-order valence-electron chi connectivity index (χ0n) is 11.8. The molecule has 21 heavy (non-hydrogen) atoms. The molecule has 8 heteroatoms. The third kappa shape index (κ3) is 4.75. The Labute approximate surface area is 121 Å². The lowest BCUT2D eigenvalue weighted by atomic mass is 10.1. The molecule has 1 atom stereocenters. The van der Waals surface area contributed by atoms with Crippen LogP contribution < -0.4 is 10.6 Å². The molecule has 1 unspecified atom stereocenters. The van der Waals surface area contributed by atoms with Gasteiger partial charge < -0.3 is 15.7 Å². The predicted octanol–water partition coefficient (Wildman–Crippen LogP) is 1.48. The van der Waals surface area contributed by atoms with Crippen LogP contribution in [0, 0.1) is 16.0 Å². The fraction of sp³-hybridized carbons (Fsp3) is 0.385. The molecule has 0 bridgehead atoms. The van der Waals surface area contributed by atoms with E-state index in [1.165, 1.54) is 25.2 Å². The number of carboxylic acid groups (broad SMARTS) is 1. The first-order chi connectivity index (χ1) is 9.85. The highest BCUT2D eigenvalue weighted by Gasteiger charge is 2.18. The first kappa shape index (κ1) is 16.4. The molecule has 1 aromatic rings. The van der Waals surface area contributed by atoms with E-state index in [2.05, 4.69) is 10.6 Å². The van der Waals surface area contributed by atoms with Gasteiger partial charge in [-0.25, -0.2) is 0 Å². The maximum absolute atomic E-state index is 11.5. The first-order valence-electron chi connectivity index (χ1n) is 6.31. The largest absolute Gasteiger partial charge is 0.481 e. The summed E-state index contributed by atoms with van der Waals surface area (Å²) in [6.45, 7) is 2.01. The van der Waals surface area contributed by atoms with Gasteiger partial charge in [0.15, 0.2) is 0 Å².